The van der Waals surface area contributed by atoms with Gasteiger partial charge in [-0.05, 0) is 55.7 Å². The monoisotopic (exact) mass is 451 g/mol. The number of nitrogens with zero attached hydrogens (tertiary/aromatic N) is 1. The van der Waals surface area contributed by atoms with Gasteiger partial charge in [0.05, 0.1) is 22.7 Å². The molecule has 2 aromatic carbocycles. The van der Waals surface area contributed by atoms with Crippen LogP contribution in [-0.4, -0.2) is 40.1 Å². The van der Waals surface area contributed by atoms with Crippen molar-refractivity contribution in [3.63, 3.8) is 0 Å². The molecule has 0 unspecified atom stereocenters. The van der Waals surface area contributed by atoms with E-state index in [4.69, 9.17) is 11.6 Å². The molecule has 8 nitrogen and oxygen atoms in total. The van der Waals surface area contributed by atoms with Gasteiger partial charge in [0.25, 0.3) is 10.0 Å². The fourth-order valence-electron chi connectivity index (χ4n) is 3.34. The number of hydrogen-bond acceptors (Lipinski definition) is 6. The van der Waals surface area contributed by atoms with Crippen molar-refractivity contribution in [2.24, 2.45) is 0 Å². The first-order valence-corrected chi connectivity index (χ1v) is 11.1. The first-order valence-electron chi connectivity index (χ1n) is 9.28. The Morgan fingerprint density at radius 3 is 2.53 bits per heavy atom. The minimum Gasteiger partial charge on any atom is -0.452 e. The summed E-state index contributed by atoms with van der Waals surface area (Å²) in [4.78, 5) is 25.8. The molecule has 0 saturated heterocycles. The molecule has 1 heterocycles. The molecule has 1 aliphatic rings. The van der Waals surface area contributed by atoms with E-state index in [0.717, 1.165) is 31.2 Å². The molecule has 0 saturated carbocycles. The number of halogens is 1. The largest absolute Gasteiger partial charge is 0.452 e. The molecule has 2 amide bonds. The lowest BCUT2D eigenvalue weighted by Crippen LogP contribution is -2.44. The highest BCUT2D eigenvalue weighted by Gasteiger charge is 2.28. The number of carbonyl (C=O) groups is 2. The van der Waals surface area contributed by atoms with Crippen LogP contribution in [0.4, 0.5) is 16.2 Å². The van der Waals surface area contributed by atoms with Crippen molar-refractivity contribution in [3.05, 3.63) is 53.1 Å². The minimum atomic E-state index is -4.05. The SMILES string of the molecule is COC(=O)NS(=O)(=O)c1ccc(NC(=O)[C@@H](C)N2CCCc3cccc(Cl)c32)cc1. The predicted octanol–water partition coefficient (Wildman–Crippen LogP) is 3.16. The normalized spacial score (nSPS) is 14.4. The van der Waals surface area contributed by atoms with Gasteiger partial charge in [0.15, 0.2) is 0 Å². The molecule has 0 aliphatic carbocycles. The fraction of sp³-hybridized carbons (Fsp3) is 0.300. The van der Waals surface area contributed by atoms with Gasteiger partial charge in [-0.2, -0.15) is 0 Å². The summed E-state index contributed by atoms with van der Waals surface area (Å²) in [5, 5.41) is 3.40. The van der Waals surface area contributed by atoms with E-state index in [1.807, 2.05) is 23.1 Å². The topological polar surface area (TPSA) is 105 Å². The van der Waals surface area contributed by atoms with E-state index in [1.165, 1.54) is 24.3 Å². The Labute approximate surface area is 180 Å². The van der Waals surface area contributed by atoms with E-state index in [1.54, 1.807) is 11.6 Å². The van der Waals surface area contributed by atoms with E-state index in [9.17, 15) is 18.0 Å². The molecule has 0 radical (unpaired) electrons. The molecule has 1 atom stereocenters. The summed E-state index contributed by atoms with van der Waals surface area (Å²) in [7, 11) is -2.98. The number of para-hydroxylation sites is 1. The molecule has 30 heavy (non-hydrogen) atoms. The van der Waals surface area contributed by atoms with Gasteiger partial charge >= 0.3 is 6.09 Å². The van der Waals surface area contributed by atoms with Gasteiger partial charge in [-0.3, -0.25) is 4.79 Å². The maximum Gasteiger partial charge on any atom is 0.420 e. The minimum absolute atomic E-state index is 0.129. The maximum absolute atomic E-state index is 12.8. The van der Waals surface area contributed by atoms with Gasteiger partial charge in [0.2, 0.25) is 5.91 Å². The molecule has 160 valence electrons. The molecule has 2 N–H and O–H groups in total. The molecule has 0 aromatic heterocycles. The Kier molecular flexibility index (Phi) is 6.52. The third kappa shape index (κ3) is 4.68. The Morgan fingerprint density at radius 2 is 1.87 bits per heavy atom. The van der Waals surface area contributed by atoms with Gasteiger partial charge in [0.1, 0.15) is 6.04 Å². The third-order valence-corrected chi connectivity index (χ3v) is 6.52. The molecule has 0 fully saturated rings. The summed E-state index contributed by atoms with van der Waals surface area (Å²) < 4.78 is 30.2. The van der Waals surface area contributed by atoms with Crippen molar-refractivity contribution in [2.75, 3.05) is 23.9 Å². The second-order valence-electron chi connectivity index (χ2n) is 6.83. The highest BCUT2D eigenvalue weighted by Crippen LogP contribution is 2.35. The van der Waals surface area contributed by atoms with Crippen LogP contribution in [0.15, 0.2) is 47.4 Å². The number of carbonyl (C=O) groups excluding carboxylic acids is 2. The van der Waals surface area contributed by atoms with Gasteiger partial charge < -0.3 is 15.0 Å². The second kappa shape index (κ2) is 8.93. The Morgan fingerprint density at radius 1 is 1.17 bits per heavy atom. The van der Waals surface area contributed by atoms with Crippen LogP contribution in [0, 0.1) is 0 Å². The summed E-state index contributed by atoms with van der Waals surface area (Å²) in [6, 6.07) is 10.7. The van der Waals surface area contributed by atoms with Crippen molar-refractivity contribution < 1.29 is 22.7 Å². The Balaban J connectivity index is 1.72. The number of sulfonamides is 1. The molecule has 0 spiro atoms. The van der Waals surface area contributed by atoms with Crippen molar-refractivity contribution in [1.82, 2.24) is 4.72 Å². The molecule has 3 rings (SSSR count). The van der Waals surface area contributed by atoms with Crippen molar-refractivity contribution in [3.8, 4) is 0 Å². The molecular weight excluding hydrogens is 430 g/mol. The van der Waals surface area contributed by atoms with Crippen LogP contribution < -0.4 is 14.9 Å². The number of benzene rings is 2. The van der Waals surface area contributed by atoms with Gasteiger partial charge in [-0.25, -0.2) is 17.9 Å². The maximum atomic E-state index is 12.8. The highest BCUT2D eigenvalue weighted by atomic mass is 35.5. The average molecular weight is 452 g/mol. The molecule has 10 heteroatoms. The van der Waals surface area contributed by atoms with Crippen LogP contribution in [0.1, 0.15) is 18.9 Å². The van der Waals surface area contributed by atoms with E-state index >= 15 is 0 Å². The molecule has 2 aromatic rings. The predicted molar refractivity (Wildman–Crippen MR) is 114 cm³/mol. The van der Waals surface area contributed by atoms with E-state index in [2.05, 4.69) is 10.1 Å². The van der Waals surface area contributed by atoms with Crippen molar-refractivity contribution >= 4 is 45.0 Å². The Bertz CT molecular complexity index is 1060. The summed E-state index contributed by atoms with van der Waals surface area (Å²) >= 11 is 6.38. The lowest BCUT2D eigenvalue weighted by Gasteiger charge is -2.36. The van der Waals surface area contributed by atoms with E-state index in [0.29, 0.717) is 17.3 Å². The first kappa shape index (κ1) is 21.9. The quantitative estimate of drug-likeness (QED) is 0.723. The number of methoxy groups -OCH3 is 1. The summed E-state index contributed by atoms with van der Waals surface area (Å²) in [6.07, 6.45) is 0.753. The number of anilines is 2. The fourth-order valence-corrected chi connectivity index (χ4v) is 4.56. The lowest BCUT2D eigenvalue weighted by molar-refractivity contribution is -0.117. The van der Waals surface area contributed by atoms with Gasteiger partial charge in [0, 0.05) is 12.2 Å². The standard InChI is InChI=1S/C20H22ClN3O5S/c1-13(24-12-4-6-14-5-3-7-17(21)18(14)24)19(25)22-15-8-10-16(11-9-15)30(27,28)23-20(26)29-2/h3,5,7-11,13H,4,6,12H2,1-2H3,(H,22,25)(H,23,26)/t13-/m1/s1. The molecular formula is C20H22ClN3O5S. The van der Waals surface area contributed by atoms with Crippen LogP contribution in [-0.2, 0) is 26.0 Å². The number of aryl methyl sites for hydroxylation is 1. The molecule has 0 bridgehead atoms. The zero-order valence-electron chi connectivity index (χ0n) is 16.5. The number of hydrogen-bond donors (Lipinski definition) is 2. The van der Waals surface area contributed by atoms with Crippen LogP contribution in [0.3, 0.4) is 0 Å². The van der Waals surface area contributed by atoms with Crippen LogP contribution in [0.5, 0.6) is 0 Å². The number of amides is 2. The highest BCUT2D eigenvalue weighted by molar-refractivity contribution is 7.90. The third-order valence-electron chi connectivity index (χ3n) is 4.88. The Hall–Kier alpha value is -2.78. The van der Waals surface area contributed by atoms with Crippen LogP contribution in [0.2, 0.25) is 5.02 Å². The number of fused-ring (bicyclic) bond motifs is 1. The average Bonchev–Trinajstić information content (AvgIpc) is 2.73. The van der Waals surface area contributed by atoms with E-state index in [-0.39, 0.29) is 10.8 Å². The van der Waals surface area contributed by atoms with Crippen LogP contribution >= 0.6 is 11.6 Å². The van der Waals surface area contributed by atoms with Crippen molar-refractivity contribution in [1.29, 1.82) is 0 Å². The molecule has 1 aliphatic heterocycles. The van der Waals surface area contributed by atoms with Gasteiger partial charge in [-0.1, -0.05) is 23.7 Å². The smallest absolute Gasteiger partial charge is 0.420 e. The van der Waals surface area contributed by atoms with Crippen LogP contribution in [0.25, 0.3) is 0 Å². The van der Waals surface area contributed by atoms with E-state index < -0.39 is 22.2 Å². The number of rotatable bonds is 5. The van der Waals surface area contributed by atoms with Gasteiger partial charge in [-0.15, -0.1) is 0 Å². The lowest BCUT2D eigenvalue weighted by atomic mass is 10.00. The summed E-state index contributed by atoms with van der Waals surface area (Å²) in [6.45, 7) is 2.51. The first-order chi connectivity index (χ1) is 14.2. The summed E-state index contributed by atoms with van der Waals surface area (Å²) in [5.74, 6) is -0.244. The number of nitrogens with one attached hydrogen (secondary N) is 2. The summed E-state index contributed by atoms with van der Waals surface area (Å²) in [5.41, 5.74) is 2.42. The number of ether oxygens (including phenoxy) is 1. The second-order valence-corrected chi connectivity index (χ2v) is 8.92. The van der Waals surface area contributed by atoms with Crippen molar-refractivity contribution in [2.45, 2.75) is 30.7 Å². The zero-order chi connectivity index (χ0) is 21.9. The zero-order valence-corrected chi connectivity index (χ0v) is 18.1.